The van der Waals surface area contributed by atoms with Gasteiger partial charge in [0.15, 0.2) is 0 Å². The first-order chi connectivity index (χ1) is 7.43. The van der Waals surface area contributed by atoms with Gasteiger partial charge in [0.25, 0.3) is 0 Å². The fraction of sp³-hybridized carbons (Fsp3) is 1.00. The van der Waals surface area contributed by atoms with Gasteiger partial charge < -0.3 is 5.73 Å². The van der Waals surface area contributed by atoms with Crippen molar-refractivity contribution in [3.05, 3.63) is 0 Å². The van der Waals surface area contributed by atoms with Gasteiger partial charge in [0.05, 0.1) is 5.25 Å². The Labute approximate surface area is 99.0 Å². The predicted octanol–water partition coefficient (Wildman–Crippen LogP) is 1.37. The molecule has 16 heavy (non-hydrogen) atoms. The molecule has 1 atom stereocenters. The monoisotopic (exact) mass is 248 g/mol. The number of sulfonamides is 1. The molecule has 0 heterocycles. The number of hydrogen-bond donors (Lipinski definition) is 2. The molecule has 0 aromatic heterocycles. The highest BCUT2D eigenvalue weighted by atomic mass is 32.2. The third-order valence-electron chi connectivity index (χ3n) is 3.61. The van der Waals surface area contributed by atoms with Crippen LogP contribution < -0.4 is 10.5 Å². The summed E-state index contributed by atoms with van der Waals surface area (Å²) >= 11 is 0. The Morgan fingerprint density at radius 3 is 2.38 bits per heavy atom. The lowest BCUT2D eigenvalue weighted by Gasteiger charge is -2.30. The molecule has 0 spiro atoms. The maximum atomic E-state index is 12.1. The second-order valence-corrected chi connectivity index (χ2v) is 6.97. The number of nitrogens with two attached hydrogens (primary N) is 1. The Kier molecular flexibility index (Phi) is 4.76. The summed E-state index contributed by atoms with van der Waals surface area (Å²) in [5, 5.41) is -0.184. The van der Waals surface area contributed by atoms with Gasteiger partial charge in [-0.25, -0.2) is 13.1 Å². The van der Waals surface area contributed by atoms with Gasteiger partial charge in [-0.15, -0.1) is 0 Å². The van der Waals surface area contributed by atoms with E-state index >= 15 is 0 Å². The van der Waals surface area contributed by atoms with Gasteiger partial charge in [0, 0.05) is 5.54 Å². The summed E-state index contributed by atoms with van der Waals surface area (Å²) in [6.45, 7) is 4.44. The fourth-order valence-corrected chi connectivity index (χ4v) is 4.30. The Balaban J connectivity index is 2.69. The van der Waals surface area contributed by atoms with Crippen molar-refractivity contribution in [2.24, 2.45) is 5.73 Å². The molecular formula is C11H24N2O2S. The topological polar surface area (TPSA) is 72.2 Å². The van der Waals surface area contributed by atoms with E-state index in [1.807, 2.05) is 13.8 Å². The Morgan fingerprint density at radius 2 is 1.94 bits per heavy atom. The van der Waals surface area contributed by atoms with E-state index in [9.17, 15) is 8.42 Å². The molecule has 0 aliphatic heterocycles. The molecule has 5 heteroatoms. The molecule has 0 amide bonds. The van der Waals surface area contributed by atoms with Gasteiger partial charge in [-0.3, -0.25) is 0 Å². The molecular weight excluding hydrogens is 224 g/mol. The predicted molar refractivity (Wildman–Crippen MR) is 66.7 cm³/mol. The lowest BCUT2D eigenvalue weighted by Crippen LogP contribution is -2.49. The number of hydrogen-bond acceptors (Lipinski definition) is 3. The lowest BCUT2D eigenvalue weighted by molar-refractivity contribution is 0.376. The van der Waals surface area contributed by atoms with E-state index in [1.54, 1.807) is 0 Å². The smallest absolute Gasteiger partial charge is 0.214 e. The van der Waals surface area contributed by atoms with Gasteiger partial charge in [0.1, 0.15) is 0 Å². The minimum atomic E-state index is -3.16. The number of nitrogens with one attached hydrogen (secondary N) is 1. The first kappa shape index (κ1) is 13.9. The molecule has 3 N–H and O–H groups in total. The van der Waals surface area contributed by atoms with Crippen molar-refractivity contribution in [2.45, 2.75) is 63.2 Å². The average Bonchev–Trinajstić information content (AvgIpc) is 2.70. The van der Waals surface area contributed by atoms with Crippen LogP contribution in [0.3, 0.4) is 0 Å². The van der Waals surface area contributed by atoms with E-state index in [2.05, 4.69) is 4.72 Å². The fourth-order valence-electron chi connectivity index (χ4n) is 2.24. The molecule has 96 valence electrons. The molecule has 1 fully saturated rings. The van der Waals surface area contributed by atoms with Crippen LogP contribution in [0.5, 0.6) is 0 Å². The Bertz CT molecular complexity index is 310. The van der Waals surface area contributed by atoms with Gasteiger partial charge in [-0.1, -0.05) is 19.8 Å². The van der Waals surface area contributed by atoms with Crippen molar-refractivity contribution < 1.29 is 8.42 Å². The van der Waals surface area contributed by atoms with Crippen LogP contribution in [0.2, 0.25) is 0 Å². The maximum Gasteiger partial charge on any atom is 0.214 e. The Morgan fingerprint density at radius 1 is 1.38 bits per heavy atom. The van der Waals surface area contributed by atoms with Crippen molar-refractivity contribution >= 4 is 10.0 Å². The van der Waals surface area contributed by atoms with Gasteiger partial charge in [-0.2, -0.15) is 0 Å². The molecule has 0 aromatic carbocycles. The second kappa shape index (κ2) is 5.47. The molecule has 1 unspecified atom stereocenters. The summed E-state index contributed by atoms with van der Waals surface area (Å²) in [5.41, 5.74) is 5.15. The summed E-state index contributed by atoms with van der Waals surface area (Å²) in [4.78, 5) is 0. The van der Waals surface area contributed by atoms with E-state index in [0.29, 0.717) is 13.0 Å². The standard InChI is InChI=1S/C11H24N2O2S/c1-3-11(2,8-9-12)13-16(14,15)10-6-4-5-7-10/h10,13H,3-9,12H2,1-2H3. The van der Waals surface area contributed by atoms with E-state index in [4.69, 9.17) is 5.73 Å². The van der Waals surface area contributed by atoms with Crippen LogP contribution in [0.15, 0.2) is 0 Å². The summed E-state index contributed by atoms with van der Waals surface area (Å²) in [6.07, 6.45) is 5.14. The van der Waals surface area contributed by atoms with Crippen LogP contribution in [-0.4, -0.2) is 25.8 Å². The highest BCUT2D eigenvalue weighted by Crippen LogP contribution is 2.26. The van der Waals surface area contributed by atoms with E-state index in [-0.39, 0.29) is 10.8 Å². The zero-order valence-electron chi connectivity index (χ0n) is 10.3. The van der Waals surface area contributed by atoms with Crippen LogP contribution in [0, 0.1) is 0 Å². The van der Waals surface area contributed by atoms with Crippen LogP contribution in [0.1, 0.15) is 52.4 Å². The third kappa shape index (κ3) is 3.43. The Hall–Kier alpha value is -0.130. The molecule has 0 bridgehead atoms. The zero-order chi connectivity index (χ0) is 12.2. The minimum Gasteiger partial charge on any atom is -0.330 e. The lowest BCUT2D eigenvalue weighted by atomic mass is 9.96. The van der Waals surface area contributed by atoms with E-state index < -0.39 is 10.0 Å². The molecule has 0 radical (unpaired) electrons. The zero-order valence-corrected chi connectivity index (χ0v) is 11.1. The van der Waals surface area contributed by atoms with Crippen molar-refractivity contribution in [1.29, 1.82) is 0 Å². The molecule has 1 aliphatic rings. The maximum absolute atomic E-state index is 12.1. The molecule has 1 rings (SSSR count). The van der Waals surface area contributed by atoms with Crippen molar-refractivity contribution in [1.82, 2.24) is 4.72 Å². The summed E-state index contributed by atoms with van der Waals surface area (Å²) in [5.74, 6) is 0. The third-order valence-corrected chi connectivity index (χ3v) is 5.73. The van der Waals surface area contributed by atoms with Crippen LogP contribution in [0.4, 0.5) is 0 Å². The van der Waals surface area contributed by atoms with Crippen molar-refractivity contribution in [2.75, 3.05) is 6.54 Å². The molecule has 1 saturated carbocycles. The summed E-state index contributed by atoms with van der Waals surface area (Å²) < 4.78 is 27.1. The number of rotatable bonds is 6. The second-order valence-electron chi connectivity index (χ2n) is 5.01. The van der Waals surface area contributed by atoms with E-state index in [1.165, 1.54) is 0 Å². The average molecular weight is 248 g/mol. The molecule has 0 saturated heterocycles. The quantitative estimate of drug-likeness (QED) is 0.745. The highest BCUT2D eigenvalue weighted by Gasteiger charge is 2.34. The van der Waals surface area contributed by atoms with Crippen LogP contribution in [-0.2, 0) is 10.0 Å². The van der Waals surface area contributed by atoms with Gasteiger partial charge in [-0.05, 0) is 39.2 Å². The first-order valence-corrected chi connectivity index (χ1v) is 7.71. The van der Waals surface area contributed by atoms with E-state index in [0.717, 1.165) is 32.1 Å². The normalized spacial score (nSPS) is 22.2. The molecule has 0 aromatic rings. The van der Waals surface area contributed by atoms with Crippen molar-refractivity contribution in [3.8, 4) is 0 Å². The highest BCUT2D eigenvalue weighted by molar-refractivity contribution is 7.90. The molecule has 1 aliphatic carbocycles. The van der Waals surface area contributed by atoms with Crippen molar-refractivity contribution in [3.63, 3.8) is 0 Å². The van der Waals surface area contributed by atoms with Gasteiger partial charge >= 0.3 is 0 Å². The SMILES string of the molecule is CCC(C)(CCN)NS(=O)(=O)C1CCCC1. The first-order valence-electron chi connectivity index (χ1n) is 6.16. The van der Waals surface area contributed by atoms with Crippen LogP contribution >= 0.6 is 0 Å². The van der Waals surface area contributed by atoms with Crippen LogP contribution in [0.25, 0.3) is 0 Å². The summed E-state index contributed by atoms with van der Waals surface area (Å²) in [6, 6.07) is 0. The minimum absolute atomic E-state index is 0.184. The largest absolute Gasteiger partial charge is 0.330 e. The summed E-state index contributed by atoms with van der Waals surface area (Å²) in [7, 11) is -3.16. The van der Waals surface area contributed by atoms with Gasteiger partial charge in [0.2, 0.25) is 10.0 Å². The molecule has 4 nitrogen and oxygen atoms in total.